The summed E-state index contributed by atoms with van der Waals surface area (Å²) in [5.41, 5.74) is 1.39. The first-order valence-corrected chi connectivity index (χ1v) is 9.54. The van der Waals surface area contributed by atoms with Crippen LogP contribution in [0, 0.1) is 12.7 Å². The first kappa shape index (κ1) is 19.9. The van der Waals surface area contributed by atoms with Gasteiger partial charge in [-0.25, -0.2) is 14.1 Å². The molecule has 2 heterocycles. The topological polar surface area (TPSA) is 82.2 Å². The van der Waals surface area contributed by atoms with Crippen molar-refractivity contribution < 1.29 is 14.2 Å². The van der Waals surface area contributed by atoms with Crippen LogP contribution in [0.25, 0.3) is 16.7 Å². The van der Waals surface area contributed by atoms with Crippen LogP contribution in [-0.2, 0) is 17.9 Å². The molecule has 0 aliphatic rings. The maximum Gasteiger partial charge on any atom is 0.264 e. The summed E-state index contributed by atoms with van der Waals surface area (Å²) in [7, 11) is 0. The summed E-state index contributed by atoms with van der Waals surface area (Å²) in [5.74, 6) is 0.0995. The molecule has 7 nitrogen and oxygen atoms in total. The van der Waals surface area contributed by atoms with Gasteiger partial charge in [-0.1, -0.05) is 36.4 Å². The number of nitrogens with zero attached hydrogens (tertiary/aromatic N) is 4. The number of aromatic nitrogens is 4. The normalized spacial score (nSPS) is 12.4. The second kappa shape index (κ2) is 8.56. The van der Waals surface area contributed by atoms with Gasteiger partial charge in [0.25, 0.3) is 5.56 Å². The number of rotatable bonds is 7. The maximum atomic E-state index is 13.6. The summed E-state index contributed by atoms with van der Waals surface area (Å²) in [4.78, 5) is 17.5. The van der Waals surface area contributed by atoms with Crippen molar-refractivity contribution in [3.63, 3.8) is 0 Å². The molecule has 0 unspecified atom stereocenters. The van der Waals surface area contributed by atoms with Crippen LogP contribution in [-0.4, -0.2) is 37.1 Å². The van der Waals surface area contributed by atoms with Crippen LogP contribution in [0.4, 0.5) is 4.39 Å². The standard InChI is InChI=1S/C22H21FN4O3/c1-15-25-21-19(11-24-27(21)17-8-3-2-4-9-17)22(29)26(15)12-18(28)14-30-13-16-7-5-6-10-20(16)23/h2-11,18,28H,12-14H2,1H3/t18-/m0/s1. The van der Waals surface area contributed by atoms with E-state index < -0.39 is 6.10 Å². The molecule has 30 heavy (non-hydrogen) atoms. The van der Waals surface area contributed by atoms with Crippen LogP contribution in [0.1, 0.15) is 11.4 Å². The quantitative estimate of drug-likeness (QED) is 0.508. The summed E-state index contributed by atoms with van der Waals surface area (Å²) >= 11 is 0. The average molecular weight is 408 g/mol. The molecule has 0 spiro atoms. The van der Waals surface area contributed by atoms with Crippen molar-refractivity contribution >= 4 is 11.0 Å². The number of fused-ring (bicyclic) bond motifs is 1. The second-order valence-corrected chi connectivity index (χ2v) is 6.96. The molecular weight excluding hydrogens is 387 g/mol. The third kappa shape index (κ3) is 4.00. The minimum Gasteiger partial charge on any atom is -0.389 e. The Kier molecular flexibility index (Phi) is 5.69. The SMILES string of the molecule is Cc1nc2c(cnn2-c2ccccc2)c(=O)n1C[C@H](O)COCc1ccccc1F. The van der Waals surface area contributed by atoms with Crippen molar-refractivity contribution in [3.05, 3.63) is 88.4 Å². The van der Waals surface area contributed by atoms with Crippen molar-refractivity contribution in [2.45, 2.75) is 26.2 Å². The zero-order valence-electron chi connectivity index (χ0n) is 16.4. The fourth-order valence-corrected chi connectivity index (χ4v) is 3.26. The van der Waals surface area contributed by atoms with Crippen molar-refractivity contribution in [3.8, 4) is 5.69 Å². The lowest BCUT2D eigenvalue weighted by atomic mass is 10.2. The number of aliphatic hydroxyl groups is 1. The minimum absolute atomic E-state index is 0.0153. The van der Waals surface area contributed by atoms with Crippen LogP contribution < -0.4 is 5.56 Å². The van der Waals surface area contributed by atoms with E-state index in [0.717, 1.165) is 5.69 Å². The molecule has 1 atom stereocenters. The van der Waals surface area contributed by atoms with E-state index in [1.165, 1.54) is 16.8 Å². The van der Waals surface area contributed by atoms with Gasteiger partial charge < -0.3 is 9.84 Å². The number of hydrogen-bond acceptors (Lipinski definition) is 5. The molecule has 0 aliphatic heterocycles. The molecule has 0 fully saturated rings. The van der Waals surface area contributed by atoms with Crippen molar-refractivity contribution in [1.29, 1.82) is 0 Å². The van der Waals surface area contributed by atoms with Gasteiger partial charge in [-0.15, -0.1) is 0 Å². The van der Waals surface area contributed by atoms with Gasteiger partial charge in [0.1, 0.15) is 17.0 Å². The highest BCUT2D eigenvalue weighted by Gasteiger charge is 2.16. The molecule has 0 saturated carbocycles. The van der Waals surface area contributed by atoms with Crippen molar-refractivity contribution in [1.82, 2.24) is 19.3 Å². The number of aryl methyl sites for hydroxylation is 1. The van der Waals surface area contributed by atoms with Gasteiger partial charge in [-0.3, -0.25) is 9.36 Å². The molecule has 2 aromatic heterocycles. The zero-order valence-corrected chi connectivity index (χ0v) is 16.4. The zero-order chi connectivity index (χ0) is 21.1. The fraction of sp³-hybridized carbons (Fsp3) is 0.227. The summed E-state index contributed by atoms with van der Waals surface area (Å²) in [5, 5.41) is 15.0. The number of aliphatic hydroxyl groups excluding tert-OH is 1. The van der Waals surface area contributed by atoms with E-state index >= 15 is 0 Å². The molecule has 0 radical (unpaired) electrons. The molecule has 1 N–H and O–H groups in total. The van der Waals surface area contributed by atoms with Crippen LogP contribution in [0.2, 0.25) is 0 Å². The van der Waals surface area contributed by atoms with E-state index in [9.17, 15) is 14.3 Å². The molecular formula is C22H21FN4O3. The van der Waals surface area contributed by atoms with Crippen LogP contribution in [0.5, 0.6) is 0 Å². The Balaban J connectivity index is 1.50. The molecule has 0 aliphatic carbocycles. The number of hydrogen-bond donors (Lipinski definition) is 1. The van der Waals surface area contributed by atoms with Crippen LogP contribution >= 0.6 is 0 Å². The summed E-state index contributed by atoms with van der Waals surface area (Å²) < 4.78 is 22.1. The van der Waals surface area contributed by atoms with Gasteiger partial charge >= 0.3 is 0 Å². The maximum absolute atomic E-state index is 13.6. The number of benzene rings is 2. The van der Waals surface area contributed by atoms with Gasteiger partial charge in [-0.05, 0) is 25.1 Å². The molecule has 0 amide bonds. The summed E-state index contributed by atoms with van der Waals surface area (Å²) in [6.45, 7) is 1.72. The average Bonchev–Trinajstić information content (AvgIpc) is 3.17. The van der Waals surface area contributed by atoms with E-state index in [1.807, 2.05) is 30.3 Å². The highest BCUT2D eigenvalue weighted by Crippen LogP contribution is 2.14. The Morgan fingerprint density at radius 1 is 1.13 bits per heavy atom. The Morgan fingerprint density at radius 3 is 2.63 bits per heavy atom. The number of ether oxygens (including phenoxy) is 1. The lowest BCUT2D eigenvalue weighted by Gasteiger charge is -2.15. The second-order valence-electron chi connectivity index (χ2n) is 6.96. The highest BCUT2D eigenvalue weighted by atomic mass is 19.1. The molecule has 2 aromatic carbocycles. The lowest BCUT2D eigenvalue weighted by Crippen LogP contribution is -2.31. The smallest absolute Gasteiger partial charge is 0.264 e. The van der Waals surface area contributed by atoms with Gasteiger partial charge in [-0.2, -0.15) is 5.10 Å². The van der Waals surface area contributed by atoms with Gasteiger partial charge in [0.15, 0.2) is 5.65 Å². The molecule has 0 saturated heterocycles. The van der Waals surface area contributed by atoms with Crippen molar-refractivity contribution in [2.24, 2.45) is 0 Å². The Labute approximate surface area is 172 Å². The molecule has 0 bridgehead atoms. The monoisotopic (exact) mass is 408 g/mol. The molecule has 154 valence electrons. The molecule has 8 heteroatoms. The molecule has 4 aromatic rings. The predicted molar refractivity (Wildman–Crippen MR) is 110 cm³/mol. The summed E-state index contributed by atoms with van der Waals surface area (Å²) in [6.07, 6.45) is 0.533. The minimum atomic E-state index is -0.948. The Bertz CT molecular complexity index is 1220. The first-order chi connectivity index (χ1) is 14.5. The lowest BCUT2D eigenvalue weighted by molar-refractivity contribution is 0.0186. The molecule has 4 rings (SSSR count). The Morgan fingerprint density at radius 2 is 1.87 bits per heavy atom. The van der Waals surface area contributed by atoms with Crippen LogP contribution in [0.3, 0.4) is 0 Å². The number of para-hydroxylation sites is 1. The van der Waals surface area contributed by atoms with Gasteiger partial charge in [0.2, 0.25) is 0 Å². The van der Waals surface area contributed by atoms with Gasteiger partial charge in [0.05, 0.1) is 37.7 Å². The van der Waals surface area contributed by atoms with Crippen molar-refractivity contribution in [2.75, 3.05) is 6.61 Å². The summed E-state index contributed by atoms with van der Waals surface area (Å²) in [6, 6.07) is 15.7. The van der Waals surface area contributed by atoms with E-state index in [0.29, 0.717) is 22.4 Å². The predicted octanol–water partition coefficient (Wildman–Crippen LogP) is 2.61. The van der Waals surface area contributed by atoms with E-state index in [-0.39, 0.29) is 31.1 Å². The Hall–Kier alpha value is -3.36. The van der Waals surface area contributed by atoms with Gasteiger partial charge in [0, 0.05) is 5.56 Å². The first-order valence-electron chi connectivity index (χ1n) is 9.54. The number of halogens is 1. The van der Waals surface area contributed by atoms with E-state index in [2.05, 4.69) is 10.1 Å². The highest BCUT2D eigenvalue weighted by molar-refractivity contribution is 5.75. The van der Waals surface area contributed by atoms with E-state index in [1.54, 1.807) is 29.8 Å². The third-order valence-electron chi connectivity index (χ3n) is 4.80. The van der Waals surface area contributed by atoms with Crippen LogP contribution in [0.15, 0.2) is 65.6 Å². The largest absolute Gasteiger partial charge is 0.389 e. The third-order valence-corrected chi connectivity index (χ3v) is 4.80. The van der Waals surface area contributed by atoms with E-state index in [4.69, 9.17) is 4.74 Å². The fourth-order valence-electron chi connectivity index (χ4n) is 3.26.